The standard InChI is InChI=1S/C23H24ClN3O4/c1-13(20(28)25-18-12-17(24)9-10-19(18)31-3)27-21(29)23(2,26-22(27)30)16-8-7-14-5-4-6-15(14)11-16/h7-13H,4-6H2,1-3H3,(H,25,28)(H,26,30)/t13-,23+/m1/s1. The van der Waals surface area contributed by atoms with Crippen molar-refractivity contribution in [3.05, 3.63) is 58.1 Å². The van der Waals surface area contributed by atoms with Crippen molar-refractivity contribution < 1.29 is 19.1 Å². The third kappa shape index (κ3) is 3.63. The molecule has 2 atom stereocenters. The molecule has 8 heteroatoms. The minimum Gasteiger partial charge on any atom is -0.495 e. The molecule has 4 amide bonds. The van der Waals surface area contributed by atoms with Crippen LogP contribution in [0.4, 0.5) is 10.5 Å². The van der Waals surface area contributed by atoms with Crippen molar-refractivity contribution in [2.45, 2.75) is 44.7 Å². The molecule has 0 radical (unpaired) electrons. The van der Waals surface area contributed by atoms with Crippen LogP contribution in [0.5, 0.6) is 5.75 Å². The van der Waals surface area contributed by atoms with Crippen molar-refractivity contribution in [3.8, 4) is 5.75 Å². The highest BCUT2D eigenvalue weighted by atomic mass is 35.5. The summed E-state index contributed by atoms with van der Waals surface area (Å²) in [6.45, 7) is 3.19. The molecule has 0 saturated carbocycles. The van der Waals surface area contributed by atoms with Crippen LogP contribution >= 0.6 is 11.6 Å². The Labute approximate surface area is 185 Å². The van der Waals surface area contributed by atoms with Crippen LogP contribution in [0.25, 0.3) is 0 Å². The highest BCUT2D eigenvalue weighted by molar-refractivity contribution is 6.31. The smallest absolute Gasteiger partial charge is 0.326 e. The number of imide groups is 1. The number of benzene rings is 2. The number of carbonyl (C=O) groups excluding carboxylic acids is 3. The number of amides is 4. The first-order valence-electron chi connectivity index (χ1n) is 10.2. The summed E-state index contributed by atoms with van der Waals surface area (Å²) in [5.74, 6) is -0.566. The number of aryl methyl sites for hydroxylation is 2. The number of rotatable bonds is 5. The van der Waals surface area contributed by atoms with E-state index in [0.717, 1.165) is 29.7 Å². The zero-order chi connectivity index (χ0) is 22.3. The molecule has 1 aliphatic heterocycles. The first kappa shape index (κ1) is 21.2. The Hall–Kier alpha value is -3.06. The molecule has 1 heterocycles. The van der Waals surface area contributed by atoms with E-state index in [1.165, 1.54) is 25.2 Å². The summed E-state index contributed by atoms with van der Waals surface area (Å²) in [7, 11) is 1.47. The highest BCUT2D eigenvalue weighted by Gasteiger charge is 2.52. The van der Waals surface area contributed by atoms with E-state index >= 15 is 0 Å². The summed E-state index contributed by atoms with van der Waals surface area (Å²) in [5.41, 5.74) is 2.34. The van der Waals surface area contributed by atoms with Gasteiger partial charge in [0.15, 0.2) is 0 Å². The maximum absolute atomic E-state index is 13.3. The number of fused-ring (bicyclic) bond motifs is 1. The van der Waals surface area contributed by atoms with Crippen LogP contribution in [0.15, 0.2) is 36.4 Å². The largest absolute Gasteiger partial charge is 0.495 e. The molecule has 0 bridgehead atoms. The van der Waals surface area contributed by atoms with Gasteiger partial charge in [-0.15, -0.1) is 0 Å². The number of anilines is 1. The topological polar surface area (TPSA) is 87.7 Å². The molecule has 7 nitrogen and oxygen atoms in total. The van der Waals surface area contributed by atoms with Crippen molar-refractivity contribution in [3.63, 3.8) is 0 Å². The van der Waals surface area contributed by atoms with Gasteiger partial charge in [0.05, 0.1) is 12.8 Å². The number of ether oxygens (including phenoxy) is 1. The number of halogens is 1. The molecule has 2 aliphatic rings. The molecule has 31 heavy (non-hydrogen) atoms. The Balaban J connectivity index is 1.57. The third-order valence-electron chi connectivity index (χ3n) is 6.08. The minimum absolute atomic E-state index is 0.361. The lowest BCUT2D eigenvalue weighted by molar-refractivity contribution is -0.136. The third-order valence-corrected chi connectivity index (χ3v) is 6.32. The average molecular weight is 442 g/mol. The lowest BCUT2D eigenvalue weighted by atomic mass is 9.89. The van der Waals surface area contributed by atoms with E-state index in [1.807, 2.05) is 18.2 Å². The maximum Gasteiger partial charge on any atom is 0.326 e. The number of carbonyl (C=O) groups is 3. The zero-order valence-corrected chi connectivity index (χ0v) is 18.4. The van der Waals surface area contributed by atoms with Crippen molar-refractivity contribution in [1.82, 2.24) is 10.2 Å². The number of nitrogens with zero attached hydrogens (tertiary/aromatic N) is 1. The quantitative estimate of drug-likeness (QED) is 0.693. The molecule has 1 saturated heterocycles. The summed E-state index contributed by atoms with van der Waals surface area (Å²) >= 11 is 6.02. The van der Waals surface area contributed by atoms with Gasteiger partial charge in [0.1, 0.15) is 17.3 Å². The molecule has 0 aromatic heterocycles. The van der Waals surface area contributed by atoms with Gasteiger partial charge in [-0.2, -0.15) is 0 Å². The van der Waals surface area contributed by atoms with E-state index in [-0.39, 0.29) is 0 Å². The zero-order valence-electron chi connectivity index (χ0n) is 17.6. The first-order valence-corrected chi connectivity index (χ1v) is 10.5. The number of methoxy groups -OCH3 is 1. The lowest BCUT2D eigenvalue weighted by Crippen LogP contribution is -2.47. The Morgan fingerprint density at radius 1 is 1.19 bits per heavy atom. The molecule has 2 aromatic rings. The van der Waals surface area contributed by atoms with E-state index in [9.17, 15) is 14.4 Å². The Kier molecular flexibility index (Phi) is 5.39. The Morgan fingerprint density at radius 2 is 1.94 bits per heavy atom. The van der Waals surface area contributed by atoms with Gasteiger partial charge in [0.25, 0.3) is 5.91 Å². The van der Waals surface area contributed by atoms with Crippen LogP contribution in [-0.2, 0) is 28.0 Å². The summed E-state index contributed by atoms with van der Waals surface area (Å²) in [6, 6.07) is 9.07. The van der Waals surface area contributed by atoms with Gasteiger partial charge in [0.2, 0.25) is 5.91 Å². The van der Waals surface area contributed by atoms with E-state index < -0.39 is 29.4 Å². The minimum atomic E-state index is -1.23. The van der Waals surface area contributed by atoms with Crippen LogP contribution in [0.2, 0.25) is 5.02 Å². The second-order valence-electron chi connectivity index (χ2n) is 8.08. The van der Waals surface area contributed by atoms with Crippen molar-refractivity contribution in [2.75, 3.05) is 12.4 Å². The second kappa shape index (κ2) is 7.89. The lowest BCUT2D eigenvalue weighted by Gasteiger charge is -2.25. The van der Waals surface area contributed by atoms with Gasteiger partial charge in [-0.3, -0.25) is 9.59 Å². The number of hydrogen-bond acceptors (Lipinski definition) is 4. The molecule has 0 spiro atoms. The van der Waals surface area contributed by atoms with Gasteiger partial charge < -0.3 is 15.4 Å². The monoisotopic (exact) mass is 441 g/mol. The predicted molar refractivity (Wildman–Crippen MR) is 117 cm³/mol. The van der Waals surface area contributed by atoms with E-state index in [0.29, 0.717) is 16.5 Å². The van der Waals surface area contributed by atoms with Crippen LogP contribution in [0.1, 0.15) is 37.0 Å². The summed E-state index contributed by atoms with van der Waals surface area (Å²) in [5, 5.41) is 5.90. The molecule has 0 unspecified atom stereocenters. The fourth-order valence-corrected chi connectivity index (χ4v) is 4.40. The van der Waals surface area contributed by atoms with Gasteiger partial charge in [-0.25, -0.2) is 9.69 Å². The first-order chi connectivity index (χ1) is 14.7. The van der Waals surface area contributed by atoms with Crippen LogP contribution in [-0.4, -0.2) is 35.9 Å². The van der Waals surface area contributed by atoms with Crippen molar-refractivity contribution in [1.29, 1.82) is 0 Å². The fourth-order valence-electron chi connectivity index (χ4n) is 4.22. The normalized spacial score (nSPS) is 21.0. The van der Waals surface area contributed by atoms with E-state index in [4.69, 9.17) is 16.3 Å². The molecule has 1 fully saturated rings. The summed E-state index contributed by atoms with van der Waals surface area (Å²) in [6.07, 6.45) is 3.08. The molecule has 2 aromatic carbocycles. The Bertz CT molecular complexity index is 1090. The molecule has 4 rings (SSSR count). The fraction of sp³-hybridized carbons (Fsp3) is 0.348. The second-order valence-corrected chi connectivity index (χ2v) is 8.51. The van der Waals surface area contributed by atoms with Crippen molar-refractivity contribution in [2.24, 2.45) is 0 Å². The van der Waals surface area contributed by atoms with Crippen LogP contribution in [0, 0.1) is 0 Å². The van der Waals surface area contributed by atoms with Gasteiger partial charge in [-0.1, -0.05) is 29.8 Å². The van der Waals surface area contributed by atoms with E-state index in [2.05, 4.69) is 10.6 Å². The molecule has 1 aliphatic carbocycles. The van der Waals surface area contributed by atoms with Gasteiger partial charge in [0, 0.05) is 5.02 Å². The van der Waals surface area contributed by atoms with Crippen LogP contribution in [0.3, 0.4) is 0 Å². The maximum atomic E-state index is 13.3. The Morgan fingerprint density at radius 3 is 2.68 bits per heavy atom. The average Bonchev–Trinajstić information content (AvgIpc) is 3.29. The molecular formula is C23H24ClN3O4. The van der Waals surface area contributed by atoms with Gasteiger partial charge >= 0.3 is 6.03 Å². The molecular weight excluding hydrogens is 418 g/mol. The highest BCUT2D eigenvalue weighted by Crippen LogP contribution is 2.34. The van der Waals surface area contributed by atoms with Crippen LogP contribution < -0.4 is 15.4 Å². The summed E-state index contributed by atoms with van der Waals surface area (Å²) in [4.78, 5) is 39.9. The molecule has 162 valence electrons. The number of hydrogen-bond donors (Lipinski definition) is 2. The molecule has 2 N–H and O–H groups in total. The number of nitrogens with one attached hydrogen (secondary N) is 2. The summed E-state index contributed by atoms with van der Waals surface area (Å²) < 4.78 is 5.24. The van der Waals surface area contributed by atoms with Gasteiger partial charge in [-0.05, 0) is 68.0 Å². The van der Waals surface area contributed by atoms with E-state index in [1.54, 1.807) is 25.1 Å². The number of urea groups is 1. The SMILES string of the molecule is COc1ccc(Cl)cc1NC(=O)[C@@H](C)N1C(=O)N[C@@](C)(c2ccc3c(c2)CCC3)C1=O. The predicted octanol–water partition coefficient (Wildman–Crippen LogP) is 3.63. The van der Waals surface area contributed by atoms with Crippen molar-refractivity contribution >= 4 is 35.1 Å².